The maximum atomic E-state index is 6.92. The van der Waals surface area contributed by atoms with Gasteiger partial charge in [-0.2, -0.15) is 0 Å². The second kappa shape index (κ2) is 14.8. The molecular formula is C55H40N2O. The van der Waals surface area contributed by atoms with Crippen LogP contribution in [0.4, 0.5) is 28.4 Å². The van der Waals surface area contributed by atoms with Crippen LogP contribution in [-0.2, 0) is 0 Å². The first-order valence-electron chi connectivity index (χ1n) is 19.9. The summed E-state index contributed by atoms with van der Waals surface area (Å²) in [4.78, 5) is 4.79. The Kier molecular flexibility index (Phi) is 8.94. The van der Waals surface area contributed by atoms with E-state index in [1.54, 1.807) is 0 Å². The first kappa shape index (κ1) is 34.9. The Morgan fingerprint density at radius 1 is 0.586 bits per heavy atom. The summed E-state index contributed by atoms with van der Waals surface area (Å²) in [6.45, 7) is 2.03. The first-order valence-corrected chi connectivity index (χ1v) is 19.9. The van der Waals surface area contributed by atoms with E-state index in [2.05, 4.69) is 204 Å². The van der Waals surface area contributed by atoms with Gasteiger partial charge < -0.3 is 14.2 Å². The van der Waals surface area contributed by atoms with Crippen LogP contribution in [0.3, 0.4) is 0 Å². The van der Waals surface area contributed by atoms with Crippen LogP contribution in [0.1, 0.15) is 25.3 Å². The third-order valence-electron chi connectivity index (χ3n) is 11.3. The van der Waals surface area contributed by atoms with Gasteiger partial charge in [0.1, 0.15) is 11.0 Å². The van der Waals surface area contributed by atoms with E-state index in [1.807, 2.05) is 13.0 Å². The zero-order valence-corrected chi connectivity index (χ0v) is 32.3. The van der Waals surface area contributed by atoms with E-state index >= 15 is 0 Å². The molecule has 0 radical (unpaired) electrons. The first-order chi connectivity index (χ1) is 28.7. The van der Waals surface area contributed by atoms with Crippen molar-refractivity contribution >= 4 is 83.4 Å². The fourth-order valence-electron chi connectivity index (χ4n) is 8.74. The molecule has 0 bridgehead atoms. The second-order valence-corrected chi connectivity index (χ2v) is 14.6. The largest absolute Gasteiger partial charge is 0.456 e. The molecule has 9 aromatic rings. The van der Waals surface area contributed by atoms with E-state index in [0.717, 1.165) is 84.8 Å². The van der Waals surface area contributed by atoms with E-state index < -0.39 is 0 Å². The fraction of sp³-hybridized carbons (Fsp3) is 0.0545. The highest BCUT2D eigenvalue weighted by atomic mass is 16.3. The molecule has 0 saturated heterocycles. The number of para-hydroxylation sites is 2. The molecule has 0 atom stereocenters. The third kappa shape index (κ3) is 5.86. The Balaban J connectivity index is 1.31. The molecule has 1 aliphatic carbocycles. The summed E-state index contributed by atoms with van der Waals surface area (Å²) in [5.41, 5.74) is 9.83. The van der Waals surface area contributed by atoms with Gasteiger partial charge in [0.15, 0.2) is 0 Å². The van der Waals surface area contributed by atoms with Crippen molar-refractivity contribution in [3.05, 3.63) is 210 Å². The van der Waals surface area contributed by atoms with E-state index in [0.29, 0.717) is 0 Å². The van der Waals surface area contributed by atoms with Crippen molar-refractivity contribution in [3.63, 3.8) is 0 Å². The molecule has 0 N–H and O–H groups in total. The lowest BCUT2D eigenvalue weighted by atomic mass is 9.96. The molecule has 3 heteroatoms. The lowest BCUT2D eigenvalue weighted by molar-refractivity contribution is 0.577. The number of fused-ring (bicyclic) bond motifs is 5. The number of terminal acetylenes is 1. The Hall–Kier alpha value is -7.54. The van der Waals surface area contributed by atoms with Crippen LogP contribution in [0.25, 0.3) is 54.9 Å². The van der Waals surface area contributed by atoms with Crippen LogP contribution in [0, 0.1) is 12.3 Å². The summed E-state index contributed by atoms with van der Waals surface area (Å²) < 4.78 is 6.92. The Morgan fingerprint density at radius 2 is 1.17 bits per heavy atom. The molecular weight excluding hydrogens is 705 g/mol. The van der Waals surface area contributed by atoms with Crippen LogP contribution in [0.2, 0.25) is 0 Å². The van der Waals surface area contributed by atoms with Crippen LogP contribution in [0.5, 0.6) is 0 Å². The Morgan fingerprint density at radius 3 is 1.84 bits per heavy atom. The highest BCUT2D eigenvalue weighted by molar-refractivity contribution is 6.14. The number of hydrogen-bond donors (Lipinski definition) is 0. The highest BCUT2D eigenvalue weighted by Crippen LogP contribution is 2.45. The lowest BCUT2D eigenvalue weighted by Crippen LogP contribution is -2.25. The molecule has 0 fully saturated rings. The molecule has 0 saturated carbocycles. The number of benzene rings is 8. The predicted molar refractivity (Wildman–Crippen MR) is 246 cm³/mol. The molecule has 0 aliphatic heterocycles. The standard InChI is InChI=1S/C55H40N2O/c1-3-42(45-31-17-18-34-51(45)56(40-25-7-5-8-26-40)49-35-19-23-38-21-11-13-29-43(38)49)54-48-37-52(46-32-15-16-33-47(46)55(48)58-53(54)4-2)57(41-27-9-6-10-28-41)50-36-20-24-39-22-12-14-30-44(39)50/h1,4-7,9-25,27-37H,8,26H2,2H3/b53-4+,54-42+. The number of allylic oxidation sites excluding steroid dienone is 4. The monoisotopic (exact) mass is 744 g/mol. The molecule has 3 nitrogen and oxygen atoms in total. The molecule has 1 aliphatic rings. The minimum atomic E-state index is 0.744. The number of rotatable bonds is 7. The molecule has 0 spiro atoms. The summed E-state index contributed by atoms with van der Waals surface area (Å²) in [6, 6.07) is 60.3. The molecule has 8 aromatic carbocycles. The van der Waals surface area contributed by atoms with Crippen molar-refractivity contribution in [2.75, 3.05) is 9.80 Å². The van der Waals surface area contributed by atoms with Crippen molar-refractivity contribution in [1.82, 2.24) is 0 Å². The van der Waals surface area contributed by atoms with E-state index in [1.165, 1.54) is 27.2 Å². The molecule has 0 unspecified atom stereocenters. The summed E-state index contributed by atoms with van der Waals surface area (Å²) in [6.07, 6.45) is 17.3. The van der Waals surface area contributed by atoms with Crippen molar-refractivity contribution < 1.29 is 4.42 Å². The minimum Gasteiger partial charge on any atom is -0.456 e. The highest BCUT2D eigenvalue weighted by Gasteiger charge is 2.25. The molecule has 10 rings (SSSR count). The molecule has 1 heterocycles. The van der Waals surface area contributed by atoms with Crippen LogP contribution < -0.4 is 20.4 Å². The molecule has 1 aromatic heterocycles. The summed E-state index contributed by atoms with van der Waals surface area (Å²) in [7, 11) is 0. The fourth-order valence-corrected chi connectivity index (χ4v) is 8.74. The van der Waals surface area contributed by atoms with Gasteiger partial charge in [0.25, 0.3) is 0 Å². The van der Waals surface area contributed by atoms with E-state index in [4.69, 9.17) is 10.8 Å². The normalized spacial score (nSPS) is 13.5. The average molecular weight is 745 g/mol. The summed E-state index contributed by atoms with van der Waals surface area (Å²) in [5.74, 6) is 3.22. The van der Waals surface area contributed by atoms with Gasteiger partial charge >= 0.3 is 0 Å². The summed E-state index contributed by atoms with van der Waals surface area (Å²) in [5, 5.41) is 8.68. The van der Waals surface area contributed by atoms with E-state index in [-0.39, 0.29) is 0 Å². The maximum absolute atomic E-state index is 6.92. The number of furan rings is 1. The topological polar surface area (TPSA) is 19.6 Å². The van der Waals surface area contributed by atoms with Crippen LogP contribution in [-0.4, -0.2) is 0 Å². The third-order valence-corrected chi connectivity index (χ3v) is 11.3. The number of anilines is 5. The van der Waals surface area contributed by atoms with Crippen LogP contribution >= 0.6 is 0 Å². The van der Waals surface area contributed by atoms with Crippen molar-refractivity contribution in [2.24, 2.45) is 0 Å². The summed E-state index contributed by atoms with van der Waals surface area (Å²) >= 11 is 0. The van der Waals surface area contributed by atoms with Gasteiger partial charge in [0.2, 0.25) is 0 Å². The molecule has 0 amide bonds. The van der Waals surface area contributed by atoms with Crippen molar-refractivity contribution in [1.29, 1.82) is 0 Å². The van der Waals surface area contributed by atoms with Gasteiger partial charge in [0, 0.05) is 54.7 Å². The van der Waals surface area contributed by atoms with Gasteiger partial charge in [-0.1, -0.05) is 152 Å². The number of nitrogens with zero attached hydrogens (tertiary/aromatic N) is 2. The smallest absolute Gasteiger partial charge is 0.143 e. The van der Waals surface area contributed by atoms with Gasteiger partial charge in [-0.3, -0.25) is 0 Å². The Labute approximate surface area is 338 Å². The zero-order valence-electron chi connectivity index (χ0n) is 32.3. The van der Waals surface area contributed by atoms with Crippen LogP contribution in [0.15, 0.2) is 198 Å². The van der Waals surface area contributed by atoms with Crippen molar-refractivity contribution in [2.45, 2.75) is 19.8 Å². The minimum absolute atomic E-state index is 0.744. The van der Waals surface area contributed by atoms with Gasteiger partial charge in [-0.25, -0.2) is 0 Å². The second-order valence-electron chi connectivity index (χ2n) is 14.6. The van der Waals surface area contributed by atoms with Gasteiger partial charge in [-0.05, 0) is 79.1 Å². The van der Waals surface area contributed by atoms with Gasteiger partial charge in [-0.15, -0.1) is 6.42 Å². The molecule has 58 heavy (non-hydrogen) atoms. The van der Waals surface area contributed by atoms with Gasteiger partial charge in [0.05, 0.1) is 22.7 Å². The maximum Gasteiger partial charge on any atom is 0.143 e. The number of hydrogen-bond acceptors (Lipinski definition) is 3. The quantitative estimate of drug-likeness (QED) is 0.152. The SMILES string of the molecule is C#C/C(c1ccccc1N(C1=CC=CCC1)c1cccc2ccccc12)=c1\c(=C/C)oc2c1cc(N(c1ccccc1)c1cccc3ccccc13)c1ccccc12. The average Bonchev–Trinajstić information content (AvgIpc) is 3.66. The predicted octanol–water partition coefficient (Wildman–Crippen LogP) is 13.4. The zero-order chi connectivity index (χ0) is 39.0. The van der Waals surface area contributed by atoms with Crippen molar-refractivity contribution in [3.8, 4) is 12.3 Å². The Bertz CT molecular complexity index is 3260. The lowest BCUT2D eigenvalue weighted by Gasteiger charge is -2.31. The van der Waals surface area contributed by atoms with E-state index in [9.17, 15) is 0 Å². The molecule has 276 valence electrons.